The third-order valence-corrected chi connectivity index (χ3v) is 4.29. The number of hydrogen-bond donors (Lipinski definition) is 4. The number of nitrogens with one attached hydrogen (secondary N) is 3. The van der Waals surface area contributed by atoms with E-state index in [2.05, 4.69) is 16.0 Å². The molecule has 2 rings (SSSR count). The highest BCUT2D eigenvalue weighted by Gasteiger charge is 2.43. The molecule has 2 atom stereocenters. The number of carbonyl (C=O) groups excluding carboxylic acids is 3. The number of urea groups is 1. The second kappa shape index (κ2) is 7.97. The fraction of sp³-hybridized carbons (Fsp3) is 0.474. The zero-order valence-corrected chi connectivity index (χ0v) is 16.3. The Bertz CT molecular complexity index is 801. The van der Waals surface area contributed by atoms with E-state index in [0.717, 1.165) is 0 Å². The smallest absolute Gasteiger partial charge is 0.326 e. The van der Waals surface area contributed by atoms with Gasteiger partial charge in [-0.05, 0) is 45.4 Å². The van der Waals surface area contributed by atoms with Crippen molar-refractivity contribution in [3.05, 3.63) is 35.4 Å². The van der Waals surface area contributed by atoms with Gasteiger partial charge in [0, 0.05) is 18.6 Å². The summed E-state index contributed by atoms with van der Waals surface area (Å²) in [5.41, 5.74) is -1.13. The summed E-state index contributed by atoms with van der Waals surface area (Å²) >= 11 is 0. The summed E-state index contributed by atoms with van der Waals surface area (Å²) in [6, 6.07) is 4.38. The van der Waals surface area contributed by atoms with Crippen LogP contribution in [0.25, 0.3) is 0 Å². The highest BCUT2D eigenvalue weighted by atomic mass is 16.5. The summed E-state index contributed by atoms with van der Waals surface area (Å²) in [5, 5.41) is 16.5. The summed E-state index contributed by atoms with van der Waals surface area (Å²) in [4.78, 5) is 47.5. The molecule has 4 amide bonds. The summed E-state index contributed by atoms with van der Waals surface area (Å²) in [5.74, 6) is -2.30. The monoisotopic (exact) mass is 391 g/mol. The lowest BCUT2D eigenvalue weighted by Crippen LogP contribution is -2.43. The molecule has 0 aliphatic carbocycles. The number of carboxylic acids is 1. The van der Waals surface area contributed by atoms with Crippen molar-refractivity contribution < 1.29 is 29.0 Å². The Labute approximate surface area is 162 Å². The number of aliphatic carboxylic acids is 1. The van der Waals surface area contributed by atoms with Crippen molar-refractivity contribution in [2.24, 2.45) is 0 Å². The van der Waals surface area contributed by atoms with Crippen LogP contribution in [0, 0.1) is 0 Å². The van der Waals surface area contributed by atoms with Gasteiger partial charge >= 0.3 is 12.0 Å². The molecule has 2 unspecified atom stereocenters. The number of rotatable bonds is 7. The first-order valence-electron chi connectivity index (χ1n) is 8.84. The molecule has 0 saturated carbocycles. The van der Waals surface area contributed by atoms with Crippen molar-refractivity contribution in [2.45, 2.75) is 51.3 Å². The van der Waals surface area contributed by atoms with Gasteiger partial charge in [0.1, 0.15) is 11.6 Å². The predicted molar refractivity (Wildman–Crippen MR) is 99.7 cm³/mol. The van der Waals surface area contributed by atoms with E-state index < -0.39 is 41.0 Å². The zero-order chi connectivity index (χ0) is 21.1. The van der Waals surface area contributed by atoms with Gasteiger partial charge < -0.3 is 20.5 Å². The van der Waals surface area contributed by atoms with Crippen molar-refractivity contribution >= 4 is 23.8 Å². The van der Waals surface area contributed by atoms with Crippen molar-refractivity contribution in [2.75, 3.05) is 6.61 Å². The number of carbonyl (C=O) groups is 4. The van der Waals surface area contributed by atoms with Crippen LogP contribution in [0.5, 0.6) is 0 Å². The van der Waals surface area contributed by atoms with Crippen LogP contribution in [0.1, 0.15) is 50.0 Å². The number of imide groups is 1. The molecule has 9 heteroatoms. The molecule has 1 aromatic carbocycles. The third kappa shape index (κ3) is 5.07. The molecule has 1 saturated heterocycles. The lowest BCUT2D eigenvalue weighted by molar-refractivity contribution is -0.140. The number of hydrogen-bond acceptors (Lipinski definition) is 5. The molecule has 152 valence electrons. The van der Waals surface area contributed by atoms with E-state index in [-0.39, 0.29) is 18.6 Å². The molecular formula is C19H25N3O6. The topological polar surface area (TPSA) is 134 Å². The molecular weight excluding hydrogens is 366 g/mol. The average Bonchev–Trinajstić information content (AvgIpc) is 2.86. The van der Waals surface area contributed by atoms with Crippen molar-refractivity contribution in [3.8, 4) is 0 Å². The van der Waals surface area contributed by atoms with Crippen LogP contribution >= 0.6 is 0 Å². The normalized spacial score (nSPS) is 20.3. The first-order valence-corrected chi connectivity index (χ1v) is 8.84. The zero-order valence-electron chi connectivity index (χ0n) is 16.3. The van der Waals surface area contributed by atoms with Crippen LogP contribution in [0.4, 0.5) is 4.79 Å². The quantitative estimate of drug-likeness (QED) is 0.515. The van der Waals surface area contributed by atoms with Gasteiger partial charge in [-0.2, -0.15) is 0 Å². The van der Waals surface area contributed by atoms with Gasteiger partial charge in [-0.15, -0.1) is 0 Å². The highest BCUT2D eigenvalue weighted by Crippen LogP contribution is 2.25. The number of ether oxygens (including phenoxy) is 1. The summed E-state index contributed by atoms with van der Waals surface area (Å²) in [6.45, 7) is 7.25. The molecule has 0 radical (unpaired) electrons. The van der Waals surface area contributed by atoms with Crippen molar-refractivity contribution in [1.82, 2.24) is 16.0 Å². The molecule has 0 bridgehead atoms. The lowest BCUT2D eigenvalue weighted by atomic mass is 9.91. The van der Waals surface area contributed by atoms with Gasteiger partial charge in [-0.3, -0.25) is 14.9 Å². The van der Waals surface area contributed by atoms with Gasteiger partial charge in [-0.25, -0.2) is 9.59 Å². The molecule has 1 aromatic rings. The largest absolute Gasteiger partial charge is 0.480 e. The number of benzene rings is 1. The summed E-state index contributed by atoms with van der Waals surface area (Å²) < 4.78 is 5.52. The Hall–Kier alpha value is -2.94. The van der Waals surface area contributed by atoms with Crippen LogP contribution in [0.3, 0.4) is 0 Å². The molecule has 0 aromatic heterocycles. The van der Waals surface area contributed by atoms with Crippen LogP contribution < -0.4 is 16.0 Å². The molecule has 1 aliphatic rings. The predicted octanol–water partition coefficient (Wildman–Crippen LogP) is 1.13. The van der Waals surface area contributed by atoms with Crippen LogP contribution in [-0.4, -0.2) is 47.2 Å². The van der Waals surface area contributed by atoms with Crippen LogP contribution in [0.15, 0.2) is 24.3 Å². The minimum Gasteiger partial charge on any atom is -0.480 e. The third-order valence-electron chi connectivity index (χ3n) is 4.29. The van der Waals surface area contributed by atoms with E-state index in [1.807, 2.05) is 20.8 Å². The van der Waals surface area contributed by atoms with Gasteiger partial charge in [0.15, 0.2) is 0 Å². The Balaban J connectivity index is 2.12. The Morgan fingerprint density at radius 3 is 2.50 bits per heavy atom. The van der Waals surface area contributed by atoms with E-state index in [4.69, 9.17) is 4.74 Å². The summed E-state index contributed by atoms with van der Waals surface area (Å²) in [6.07, 6.45) is 0.105. The lowest BCUT2D eigenvalue weighted by Gasteiger charge is -2.22. The fourth-order valence-corrected chi connectivity index (χ4v) is 2.70. The maximum absolute atomic E-state index is 12.5. The molecule has 1 heterocycles. The van der Waals surface area contributed by atoms with E-state index in [0.29, 0.717) is 5.56 Å². The number of amides is 4. The maximum Gasteiger partial charge on any atom is 0.326 e. The van der Waals surface area contributed by atoms with Gasteiger partial charge in [0.25, 0.3) is 11.8 Å². The van der Waals surface area contributed by atoms with Crippen LogP contribution in [-0.2, 0) is 19.9 Å². The molecule has 28 heavy (non-hydrogen) atoms. The van der Waals surface area contributed by atoms with E-state index in [9.17, 15) is 24.3 Å². The SMILES string of the molecule is CC(C)(C)OCCC(NC(=O)c1cccc(C2(C)NC(=O)NC2=O)c1)C(=O)O. The molecule has 9 nitrogen and oxygen atoms in total. The minimum atomic E-state index is -1.31. The number of carboxylic acid groups (broad SMARTS) is 1. The average molecular weight is 391 g/mol. The van der Waals surface area contributed by atoms with E-state index in [1.165, 1.54) is 19.1 Å². The van der Waals surface area contributed by atoms with Crippen molar-refractivity contribution in [1.29, 1.82) is 0 Å². The van der Waals surface area contributed by atoms with E-state index in [1.54, 1.807) is 12.1 Å². The van der Waals surface area contributed by atoms with Crippen LogP contribution in [0.2, 0.25) is 0 Å². The first-order chi connectivity index (χ1) is 12.9. The van der Waals surface area contributed by atoms with Gasteiger partial charge in [0.05, 0.1) is 5.60 Å². The molecule has 0 spiro atoms. The molecule has 1 aliphatic heterocycles. The van der Waals surface area contributed by atoms with Crippen molar-refractivity contribution in [3.63, 3.8) is 0 Å². The maximum atomic E-state index is 12.5. The summed E-state index contributed by atoms with van der Waals surface area (Å²) in [7, 11) is 0. The Morgan fingerprint density at radius 2 is 1.96 bits per heavy atom. The Morgan fingerprint density at radius 1 is 1.29 bits per heavy atom. The Kier molecular flexibility index (Phi) is 6.08. The first kappa shape index (κ1) is 21.4. The molecule has 1 fully saturated rings. The standard InChI is InChI=1S/C19H25N3O6/c1-18(2,3)28-9-8-13(15(24)25)20-14(23)11-6-5-7-12(10-11)19(4)16(26)21-17(27)22-19/h5-7,10,13H,8-9H2,1-4H3,(H,20,23)(H,24,25)(H2,21,22,26,27). The van der Waals surface area contributed by atoms with Gasteiger partial charge in [0.2, 0.25) is 0 Å². The highest BCUT2D eigenvalue weighted by molar-refractivity contribution is 6.07. The fourth-order valence-electron chi connectivity index (χ4n) is 2.70. The van der Waals surface area contributed by atoms with Gasteiger partial charge in [-0.1, -0.05) is 12.1 Å². The van der Waals surface area contributed by atoms with E-state index >= 15 is 0 Å². The second-order valence-corrected chi connectivity index (χ2v) is 7.73. The second-order valence-electron chi connectivity index (χ2n) is 7.73. The molecule has 4 N–H and O–H groups in total. The minimum absolute atomic E-state index is 0.105.